The van der Waals surface area contributed by atoms with E-state index in [4.69, 9.17) is 5.73 Å². The summed E-state index contributed by atoms with van der Waals surface area (Å²) in [6.45, 7) is 5.08. The van der Waals surface area contributed by atoms with Crippen molar-refractivity contribution in [1.82, 2.24) is 4.90 Å². The van der Waals surface area contributed by atoms with E-state index < -0.39 is 0 Å². The number of amides is 1. The molecule has 0 saturated heterocycles. The largest absolute Gasteiger partial charge is 0.336 e. The molecule has 3 heteroatoms. The Morgan fingerprint density at radius 1 is 1.50 bits per heavy atom. The quantitative estimate of drug-likeness (QED) is 0.695. The van der Waals surface area contributed by atoms with Gasteiger partial charge in [-0.1, -0.05) is 12.5 Å². The van der Waals surface area contributed by atoms with E-state index in [0.717, 1.165) is 25.7 Å². The maximum atomic E-state index is 12.2. The van der Waals surface area contributed by atoms with Crippen molar-refractivity contribution in [2.45, 2.75) is 44.6 Å². The number of carbonyl (C=O) groups excluding carboxylic acids is 1. The minimum Gasteiger partial charge on any atom is -0.336 e. The number of hydrogen-bond donors (Lipinski definition) is 1. The molecule has 16 heavy (non-hydrogen) atoms. The highest BCUT2D eigenvalue weighted by molar-refractivity contribution is 5.78. The molecule has 2 aliphatic carbocycles. The number of hydrogen-bond acceptors (Lipinski definition) is 2. The third-order valence-electron chi connectivity index (χ3n) is 4.01. The van der Waals surface area contributed by atoms with Gasteiger partial charge in [-0.15, -0.1) is 6.58 Å². The molecule has 2 N–H and O–H groups in total. The van der Waals surface area contributed by atoms with E-state index in [1.807, 2.05) is 11.0 Å². The summed E-state index contributed by atoms with van der Waals surface area (Å²) in [5, 5.41) is 0. The molecule has 0 aromatic heterocycles. The van der Waals surface area contributed by atoms with Crippen LogP contribution in [0.1, 0.15) is 38.5 Å². The molecule has 0 unspecified atom stereocenters. The highest BCUT2D eigenvalue weighted by Gasteiger charge is 2.40. The molecule has 3 nitrogen and oxygen atoms in total. The summed E-state index contributed by atoms with van der Waals surface area (Å²) in [4.78, 5) is 14.2. The molecule has 1 amide bonds. The molecule has 0 aromatic rings. The lowest BCUT2D eigenvalue weighted by Crippen LogP contribution is -2.44. The van der Waals surface area contributed by atoms with Crippen molar-refractivity contribution in [2.75, 3.05) is 13.1 Å². The molecule has 2 fully saturated rings. The van der Waals surface area contributed by atoms with Gasteiger partial charge in [-0.05, 0) is 37.6 Å². The molecule has 0 bridgehead atoms. The lowest BCUT2D eigenvalue weighted by molar-refractivity contribution is -0.135. The predicted molar refractivity (Wildman–Crippen MR) is 64.9 cm³/mol. The Bertz CT molecular complexity index is 274. The Hall–Kier alpha value is -0.830. The first kappa shape index (κ1) is 11.6. The Kier molecular flexibility index (Phi) is 3.33. The molecule has 0 spiro atoms. The summed E-state index contributed by atoms with van der Waals surface area (Å²) < 4.78 is 0. The van der Waals surface area contributed by atoms with Crippen LogP contribution >= 0.6 is 0 Å². The van der Waals surface area contributed by atoms with Crippen LogP contribution in [0.5, 0.6) is 0 Å². The van der Waals surface area contributed by atoms with Crippen LogP contribution in [0.3, 0.4) is 0 Å². The topological polar surface area (TPSA) is 46.3 Å². The van der Waals surface area contributed by atoms with Gasteiger partial charge >= 0.3 is 0 Å². The molecule has 2 saturated carbocycles. The van der Waals surface area contributed by atoms with Gasteiger partial charge in [-0.3, -0.25) is 4.79 Å². The van der Waals surface area contributed by atoms with Gasteiger partial charge in [-0.2, -0.15) is 0 Å². The van der Waals surface area contributed by atoms with E-state index in [-0.39, 0.29) is 11.3 Å². The monoisotopic (exact) mass is 222 g/mol. The highest BCUT2D eigenvalue weighted by atomic mass is 16.2. The zero-order valence-electron chi connectivity index (χ0n) is 9.95. The van der Waals surface area contributed by atoms with Gasteiger partial charge in [0.1, 0.15) is 0 Å². The lowest BCUT2D eigenvalue weighted by atomic mass is 9.66. The number of rotatable bonds is 6. The number of nitrogens with zero attached hydrogens (tertiary/aromatic N) is 1. The summed E-state index contributed by atoms with van der Waals surface area (Å²) in [5.74, 6) is 0.285. The van der Waals surface area contributed by atoms with Crippen molar-refractivity contribution < 1.29 is 4.79 Å². The van der Waals surface area contributed by atoms with Crippen LogP contribution in [0.25, 0.3) is 0 Å². The summed E-state index contributed by atoms with van der Waals surface area (Å²) in [6.07, 6.45) is 8.28. The fourth-order valence-electron chi connectivity index (χ4n) is 2.53. The minimum atomic E-state index is 0.130. The minimum absolute atomic E-state index is 0.130. The number of nitrogens with two attached hydrogens (primary N) is 1. The van der Waals surface area contributed by atoms with Crippen molar-refractivity contribution >= 4 is 5.91 Å². The third kappa shape index (κ3) is 2.29. The van der Waals surface area contributed by atoms with Gasteiger partial charge in [0.25, 0.3) is 0 Å². The standard InChI is InChI=1S/C13H22N2O/c1-2-8-15(11-4-5-11)12(16)9-13(10-14)6-3-7-13/h2,11H,1,3-10,14H2. The Balaban J connectivity index is 1.91. The second-order valence-corrected chi connectivity index (χ2v) is 5.30. The Morgan fingerprint density at radius 2 is 2.19 bits per heavy atom. The summed E-state index contributed by atoms with van der Waals surface area (Å²) >= 11 is 0. The van der Waals surface area contributed by atoms with Crippen molar-refractivity contribution in [2.24, 2.45) is 11.1 Å². The average molecular weight is 222 g/mol. The zero-order chi connectivity index (χ0) is 11.6. The van der Waals surface area contributed by atoms with Gasteiger partial charge in [0.2, 0.25) is 5.91 Å². The Labute approximate surface area is 97.7 Å². The van der Waals surface area contributed by atoms with E-state index in [1.54, 1.807) is 0 Å². The van der Waals surface area contributed by atoms with Crippen molar-refractivity contribution in [3.63, 3.8) is 0 Å². The number of carbonyl (C=O) groups is 1. The zero-order valence-corrected chi connectivity index (χ0v) is 9.95. The summed E-state index contributed by atoms with van der Waals surface area (Å²) in [7, 11) is 0. The highest BCUT2D eigenvalue weighted by Crippen LogP contribution is 2.43. The van der Waals surface area contributed by atoms with Crippen LogP contribution in [-0.2, 0) is 4.79 Å². The molecule has 2 rings (SSSR count). The second kappa shape index (κ2) is 4.58. The first-order valence-corrected chi connectivity index (χ1v) is 6.31. The first-order chi connectivity index (χ1) is 7.71. The average Bonchev–Trinajstić information content (AvgIpc) is 3.03. The van der Waals surface area contributed by atoms with Gasteiger partial charge < -0.3 is 10.6 Å². The smallest absolute Gasteiger partial charge is 0.223 e. The maximum absolute atomic E-state index is 12.2. The van der Waals surface area contributed by atoms with Gasteiger partial charge in [-0.25, -0.2) is 0 Å². The van der Waals surface area contributed by atoms with Gasteiger partial charge in [0, 0.05) is 19.0 Å². The van der Waals surface area contributed by atoms with Gasteiger partial charge in [0.15, 0.2) is 0 Å². The fourth-order valence-corrected chi connectivity index (χ4v) is 2.53. The molecular weight excluding hydrogens is 200 g/mol. The maximum Gasteiger partial charge on any atom is 0.223 e. The van der Waals surface area contributed by atoms with Crippen LogP contribution in [0.4, 0.5) is 0 Å². The van der Waals surface area contributed by atoms with E-state index in [0.29, 0.717) is 25.6 Å². The molecular formula is C13H22N2O. The summed E-state index contributed by atoms with van der Waals surface area (Å²) in [6, 6.07) is 0.486. The molecule has 90 valence electrons. The molecule has 2 aliphatic rings. The van der Waals surface area contributed by atoms with E-state index in [1.165, 1.54) is 6.42 Å². The van der Waals surface area contributed by atoms with Crippen molar-refractivity contribution in [3.05, 3.63) is 12.7 Å². The fraction of sp³-hybridized carbons (Fsp3) is 0.769. The molecule has 0 aromatic carbocycles. The van der Waals surface area contributed by atoms with Crippen LogP contribution in [0.2, 0.25) is 0 Å². The van der Waals surface area contributed by atoms with Crippen LogP contribution in [-0.4, -0.2) is 29.9 Å². The van der Waals surface area contributed by atoms with Crippen molar-refractivity contribution in [3.8, 4) is 0 Å². The predicted octanol–water partition coefficient (Wildman–Crippen LogP) is 1.68. The SMILES string of the molecule is C=CCN(C(=O)CC1(CN)CCC1)C1CC1. The lowest BCUT2D eigenvalue weighted by Gasteiger charge is -2.41. The molecule has 0 radical (unpaired) electrons. The van der Waals surface area contributed by atoms with E-state index in [9.17, 15) is 4.79 Å². The molecule has 0 atom stereocenters. The third-order valence-corrected chi connectivity index (χ3v) is 4.01. The van der Waals surface area contributed by atoms with Crippen LogP contribution in [0, 0.1) is 5.41 Å². The normalized spacial score (nSPS) is 22.3. The van der Waals surface area contributed by atoms with E-state index >= 15 is 0 Å². The van der Waals surface area contributed by atoms with Gasteiger partial charge in [0.05, 0.1) is 0 Å². The molecule has 0 aliphatic heterocycles. The van der Waals surface area contributed by atoms with Crippen LogP contribution < -0.4 is 5.73 Å². The summed E-state index contributed by atoms with van der Waals surface area (Å²) in [5.41, 5.74) is 5.92. The second-order valence-electron chi connectivity index (χ2n) is 5.30. The van der Waals surface area contributed by atoms with Crippen LogP contribution in [0.15, 0.2) is 12.7 Å². The first-order valence-electron chi connectivity index (χ1n) is 6.31. The van der Waals surface area contributed by atoms with Crippen molar-refractivity contribution in [1.29, 1.82) is 0 Å². The molecule has 0 heterocycles. The van der Waals surface area contributed by atoms with E-state index in [2.05, 4.69) is 6.58 Å². The Morgan fingerprint density at radius 3 is 2.56 bits per heavy atom.